The molecule has 9 heteroatoms. The van der Waals surface area contributed by atoms with Gasteiger partial charge in [-0.3, -0.25) is 9.36 Å². The largest absolute Gasteiger partial charge is 0.388 e. The molecule has 0 radical (unpaired) electrons. The van der Waals surface area contributed by atoms with Gasteiger partial charge in [-0.05, 0) is 61.9 Å². The molecule has 170 valence electrons. The molecule has 1 fully saturated rings. The highest BCUT2D eigenvalue weighted by Crippen LogP contribution is 2.40. The van der Waals surface area contributed by atoms with Crippen LogP contribution in [0.1, 0.15) is 54.5 Å². The fourth-order valence-corrected chi connectivity index (χ4v) is 6.62. The van der Waals surface area contributed by atoms with Crippen molar-refractivity contribution in [1.29, 1.82) is 0 Å². The van der Waals surface area contributed by atoms with Crippen LogP contribution in [0, 0.1) is 19.3 Å². The van der Waals surface area contributed by atoms with Crippen LogP contribution in [0.3, 0.4) is 0 Å². The van der Waals surface area contributed by atoms with Gasteiger partial charge in [-0.15, -0.1) is 6.42 Å². The van der Waals surface area contributed by atoms with Gasteiger partial charge in [0.1, 0.15) is 5.65 Å². The van der Waals surface area contributed by atoms with Crippen LogP contribution >= 0.6 is 0 Å². The first-order valence-corrected chi connectivity index (χ1v) is 12.6. The molecule has 0 unspecified atom stereocenters. The molecule has 3 aromatic rings. The van der Waals surface area contributed by atoms with E-state index in [1.807, 2.05) is 0 Å². The second-order valence-corrected chi connectivity index (χ2v) is 11.2. The summed E-state index contributed by atoms with van der Waals surface area (Å²) in [5.74, 6) is 2.83. The van der Waals surface area contributed by atoms with Gasteiger partial charge in [-0.2, -0.15) is 4.98 Å². The zero-order valence-electron chi connectivity index (χ0n) is 18.4. The third-order valence-corrected chi connectivity index (χ3v) is 8.26. The van der Waals surface area contributed by atoms with E-state index in [1.54, 1.807) is 38.2 Å². The average molecular weight is 465 g/mol. The second kappa shape index (κ2) is 7.40. The first-order chi connectivity index (χ1) is 15.6. The number of nitrogens with zero attached hydrogens (tertiary/aromatic N) is 3. The molecule has 2 aliphatic rings. The number of benzene rings is 1. The lowest BCUT2D eigenvalue weighted by Crippen LogP contribution is -2.38. The zero-order chi connectivity index (χ0) is 23.5. The SMILES string of the molecule is C#Cc1c(C)c2cnc(Nc3ccc4c(c3)CS(=O)(=O)C4)nc2n([C@@H]2CCC[C@@]2(C)O)c1=O. The van der Waals surface area contributed by atoms with E-state index in [2.05, 4.69) is 21.2 Å². The molecule has 2 N–H and O–H groups in total. The quantitative estimate of drug-likeness (QED) is 0.573. The van der Waals surface area contributed by atoms with Crippen LogP contribution in [0.15, 0.2) is 29.2 Å². The summed E-state index contributed by atoms with van der Waals surface area (Å²) in [6.07, 6.45) is 9.29. The number of pyridine rings is 1. The van der Waals surface area contributed by atoms with Crippen molar-refractivity contribution in [3.05, 3.63) is 57.0 Å². The van der Waals surface area contributed by atoms with Crippen LogP contribution in [0.2, 0.25) is 0 Å². The Labute approximate surface area is 191 Å². The maximum atomic E-state index is 13.3. The standard InChI is InChI=1S/C24H24N4O4S/c1-4-18-14(2)19-11-25-23(26-17-8-7-15-12-33(31,32)13-16(15)10-17)27-21(19)28(22(18)29)20-6-5-9-24(20,3)30/h1,7-8,10-11,20,30H,5-6,9,12-13H2,2-3H3,(H,25,26,27)/t20-,24-/m1/s1. The smallest absolute Gasteiger partial charge is 0.268 e. The third-order valence-electron chi connectivity index (χ3n) is 6.76. The van der Waals surface area contributed by atoms with Crippen LogP contribution in [-0.4, -0.2) is 33.7 Å². The topological polar surface area (TPSA) is 114 Å². The van der Waals surface area contributed by atoms with Crippen molar-refractivity contribution in [3.8, 4) is 12.3 Å². The van der Waals surface area contributed by atoms with Gasteiger partial charge in [-0.25, -0.2) is 13.4 Å². The molecule has 1 aliphatic heterocycles. The Kier molecular flexibility index (Phi) is 4.85. The number of rotatable bonds is 3. The number of fused-ring (bicyclic) bond motifs is 2. The van der Waals surface area contributed by atoms with Gasteiger partial charge in [0.05, 0.1) is 28.7 Å². The summed E-state index contributed by atoms with van der Waals surface area (Å²) >= 11 is 0. The Bertz CT molecular complexity index is 1520. The predicted octanol–water partition coefficient (Wildman–Crippen LogP) is 2.73. The van der Waals surface area contributed by atoms with E-state index in [-0.39, 0.29) is 28.6 Å². The van der Waals surface area contributed by atoms with E-state index < -0.39 is 21.5 Å². The predicted molar refractivity (Wildman–Crippen MR) is 126 cm³/mol. The fraction of sp³-hybridized carbons (Fsp3) is 0.375. The summed E-state index contributed by atoms with van der Waals surface area (Å²) in [5, 5.41) is 14.7. The number of hydrogen-bond donors (Lipinski definition) is 2. The van der Waals surface area contributed by atoms with E-state index >= 15 is 0 Å². The molecule has 1 saturated carbocycles. The third kappa shape index (κ3) is 3.59. The molecule has 8 nitrogen and oxygen atoms in total. The first-order valence-electron chi connectivity index (χ1n) is 10.8. The van der Waals surface area contributed by atoms with Gasteiger partial charge in [-0.1, -0.05) is 12.0 Å². The molecule has 0 amide bonds. The van der Waals surface area contributed by atoms with Gasteiger partial charge < -0.3 is 10.4 Å². The van der Waals surface area contributed by atoms with Crippen LogP contribution in [0.5, 0.6) is 0 Å². The van der Waals surface area contributed by atoms with Gasteiger partial charge in [0.25, 0.3) is 5.56 Å². The maximum Gasteiger partial charge on any atom is 0.268 e. The summed E-state index contributed by atoms with van der Waals surface area (Å²) < 4.78 is 25.4. The lowest BCUT2D eigenvalue weighted by Gasteiger charge is -2.29. The molecule has 2 aromatic heterocycles. The molecule has 33 heavy (non-hydrogen) atoms. The molecule has 0 saturated heterocycles. The summed E-state index contributed by atoms with van der Waals surface area (Å²) in [5.41, 5.74) is 2.09. The van der Waals surface area contributed by atoms with Gasteiger partial charge >= 0.3 is 0 Å². The summed E-state index contributed by atoms with van der Waals surface area (Å²) in [4.78, 5) is 22.4. The molecular weight excluding hydrogens is 440 g/mol. The normalized spacial score (nSPS) is 23.4. The molecular formula is C24H24N4O4S. The Morgan fingerprint density at radius 1 is 1.30 bits per heavy atom. The lowest BCUT2D eigenvalue weighted by molar-refractivity contribution is 0.0266. The van der Waals surface area contributed by atoms with Gasteiger partial charge in [0.2, 0.25) is 5.95 Å². The number of nitrogens with one attached hydrogen (secondary N) is 1. The van der Waals surface area contributed by atoms with Crippen molar-refractivity contribution in [3.63, 3.8) is 0 Å². The van der Waals surface area contributed by atoms with Gasteiger partial charge in [0, 0.05) is 17.3 Å². The van der Waals surface area contributed by atoms with Crippen molar-refractivity contribution in [2.24, 2.45) is 0 Å². The summed E-state index contributed by atoms with van der Waals surface area (Å²) in [6, 6.07) is 4.91. The number of aromatic nitrogens is 3. The van der Waals surface area contributed by atoms with Crippen LogP contribution in [0.4, 0.5) is 11.6 Å². The molecule has 1 aliphatic carbocycles. The number of hydrogen-bond acceptors (Lipinski definition) is 7. The van der Waals surface area contributed by atoms with Crippen molar-refractivity contribution in [2.75, 3.05) is 5.32 Å². The number of terminal acetylenes is 1. The van der Waals surface area contributed by atoms with Crippen LogP contribution in [0.25, 0.3) is 11.0 Å². The summed E-state index contributed by atoms with van der Waals surface area (Å²) in [6.45, 7) is 3.50. The lowest BCUT2D eigenvalue weighted by atomic mass is 9.98. The van der Waals surface area contributed by atoms with Crippen LogP contribution < -0.4 is 10.9 Å². The minimum Gasteiger partial charge on any atom is -0.388 e. The molecule has 0 spiro atoms. The fourth-order valence-electron chi connectivity index (χ4n) is 5.02. The van der Waals surface area contributed by atoms with Crippen LogP contribution in [-0.2, 0) is 21.3 Å². The Balaban J connectivity index is 1.63. The van der Waals surface area contributed by atoms with Crippen molar-refractivity contribution in [1.82, 2.24) is 14.5 Å². The Morgan fingerprint density at radius 3 is 2.76 bits per heavy atom. The monoisotopic (exact) mass is 464 g/mol. The molecule has 3 heterocycles. The van der Waals surface area contributed by atoms with E-state index in [1.165, 1.54) is 4.57 Å². The second-order valence-electron chi connectivity index (χ2n) is 9.16. The highest BCUT2D eigenvalue weighted by atomic mass is 32.2. The Morgan fingerprint density at radius 2 is 2.06 bits per heavy atom. The van der Waals surface area contributed by atoms with E-state index in [9.17, 15) is 18.3 Å². The zero-order valence-corrected chi connectivity index (χ0v) is 19.2. The van der Waals surface area contributed by atoms with E-state index in [0.29, 0.717) is 35.1 Å². The number of aliphatic hydroxyl groups is 1. The average Bonchev–Trinajstić information content (AvgIpc) is 3.24. The number of anilines is 2. The first kappa shape index (κ1) is 21.6. The molecule has 1 aromatic carbocycles. The minimum atomic E-state index is -3.10. The van der Waals surface area contributed by atoms with Crippen molar-refractivity contribution >= 4 is 32.5 Å². The number of sulfone groups is 1. The highest BCUT2D eigenvalue weighted by Gasteiger charge is 2.40. The molecule has 2 atom stereocenters. The minimum absolute atomic E-state index is 0.0147. The van der Waals surface area contributed by atoms with Gasteiger partial charge in [0.15, 0.2) is 9.84 Å². The number of aryl methyl sites for hydroxylation is 1. The van der Waals surface area contributed by atoms with E-state index in [0.717, 1.165) is 17.5 Å². The van der Waals surface area contributed by atoms with Crippen molar-refractivity contribution < 1.29 is 13.5 Å². The summed E-state index contributed by atoms with van der Waals surface area (Å²) in [7, 11) is -3.10. The van der Waals surface area contributed by atoms with E-state index in [4.69, 9.17) is 6.42 Å². The molecule has 0 bridgehead atoms. The Hall–Kier alpha value is -3.22. The highest BCUT2D eigenvalue weighted by molar-refractivity contribution is 7.90. The molecule has 5 rings (SSSR count). The van der Waals surface area contributed by atoms with Crippen molar-refractivity contribution in [2.45, 2.75) is 56.3 Å². The maximum absolute atomic E-state index is 13.3.